The smallest absolute Gasteiger partial charge is 0.249 e. The van der Waals surface area contributed by atoms with Crippen LogP contribution in [0, 0.1) is 31.1 Å². The van der Waals surface area contributed by atoms with E-state index in [1.807, 2.05) is 39.0 Å². The minimum absolute atomic E-state index is 0.0360. The first-order valence-electron chi connectivity index (χ1n) is 9.10. The topological polar surface area (TPSA) is 88.4 Å². The number of ketones is 1. The number of anilines is 1. The number of nitrogens with one attached hydrogen (secondary N) is 1. The first-order valence-corrected chi connectivity index (χ1v) is 9.10. The summed E-state index contributed by atoms with van der Waals surface area (Å²) in [6.45, 7) is 6.28. The molecular formula is C22H24N2O4. The SMILES string of the molecule is CCOc1ccccc1NC(=O)C(C#N)C(=O)CCOc1cc(C)cc(C)c1. The van der Waals surface area contributed by atoms with Crippen molar-refractivity contribution in [3.8, 4) is 17.6 Å². The third-order valence-electron chi connectivity index (χ3n) is 3.97. The number of amides is 1. The van der Waals surface area contributed by atoms with E-state index in [0.717, 1.165) is 11.1 Å². The Morgan fingerprint density at radius 1 is 1.11 bits per heavy atom. The molecule has 6 heteroatoms. The fourth-order valence-electron chi connectivity index (χ4n) is 2.76. The lowest BCUT2D eigenvalue weighted by atomic mass is 10.0. The van der Waals surface area contributed by atoms with Crippen molar-refractivity contribution >= 4 is 17.4 Å². The van der Waals surface area contributed by atoms with Crippen LogP contribution in [0.15, 0.2) is 42.5 Å². The Kier molecular flexibility index (Phi) is 7.58. The van der Waals surface area contributed by atoms with Crippen molar-refractivity contribution in [3.05, 3.63) is 53.6 Å². The Labute approximate surface area is 165 Å². The lowest BCUT2D eigenvalue weighted by Gasteiger charge is -2.13. The van der Waals surface area contributed by atoms with Crippen molar-refractivity contribution in [2.45, 2.75) is 27.2 Å². The van der Waals surface area contributed by atoms with Crippen LogP contribution in [0.3, 0.4) is 0 Å². The van der Waals surface area contributed by atoms with E-state index in [4.69, 9.17) is 9.47 Å². The fourth-order valence-corrected chi connectivity index (χ4v) is 2.76. The number of nitrogens with zero attached hydrogens (tertiary/aromatic N) is 1. The van der Waals surface area contributed by atoms with Gasteiger partial charge in [0.25, 0.3) is 0 Å². The van der Waals surface area contributed by atoms with Crippen LogP contribution in [-0.2, 0) is 9.59 Å². The van der Waals surface area contributed by atoms with E-state index >= 15 is 0 Å². The van der Waals surface area contributed by atoms with Gasteiger partial charge in [0, 0.05) is 6.42 Å². The summed E-state index contributed by atoms with van der Waals surface area (Å²) in [5.41, 5.74) is 2.54. The molecule has 1 amide bonds. The Morgan fingerprint density at radius 3 is 2.43 bits per heavy atom. The predicted molar refractivity (Wildman–Crippen MR) is 106 cm³/mol. The molecule has 0 radical (unpaired) electrons. The third kappa shape index (κ3) is 5.85. The Balaban J connectivity index is 1.95. The average Bonchev–Trinajstić information content (AvgIpc) is 2.63. The van der Waals surface area contributed by atoms with Crippen LogP contribution in [0.1, 0.15) is 24.5 Å². The highest BCUT2D eigenvalue weighted by Crippen LogP contribution is 2.24. The molecule has 0 bridgehead atoms. The second-order valence-corrected chi connectivity index (χ2v) is 6.37. The standard InChI is InChI=1S/C22H24N2O4/c1-4-27-21-8-6-5-7-19(21)24-22(26)18(14-23)20(25)9-10-28-17-12-15(2)11-16(3)13-17/h5-8,11-13,18H,4,9-10H2,1-3H3,(H,24,26). The second-order valence-electron chi connectivity index (χ2n) is 6.37. The van der Waals surface area contributed by atoms with Gasteiger partial charge in [0.2, 0.25) is 5.91 Å². The maximum atomic E-state index is 12.4. The molecule has 0 saturated heterocycles. The van der Waals surface area contributed by atoms with Crippen LogP contribution in [0.5, 0.6) is 11.5 Å². The molecule has 0 saturated carbocycles. The molecule has 0 fully saturated rings. The zero-order valence-corrected chi connectivity index (χ0v) is 16.3. The molecule has 6 nitrogen and oxygen atoms in total. The fraction of sp³-hybridized carbons (Fsp3) is 0.318. The van der Waals surface area contributed by atoms with Gasteiger partial charge in [-0.2, -0.15) is 5.26 Å². The van der Waals surface area contributed by atoms with Crippen LogP contribution in [0.2, 0.25) is 0 Å². The van der Waals surface area contributed by atoms with Crippen molar-refractivity contribution < 1.29 is 19.1 Å². The average molecular weight is 380 g/mol. The molecule has 0 heterocycles. The van der Waals surface area contributed by atoms with Gasteiger partial charge in [-0.3, -0.25) is 9.59 Å². The summed E-state index contributed by atoms with van der Waals surface area (Å²) in [5, 5.41) is 11.9. The van der Waals surface area contributed by atoms with Gasteiger partial charge in [-0.05, 0) is 56.2 Å². The molecule has 0 aliphatic heterocycles. The Bertz CT molecular complexity index is 866. The number of carbonyl (C=O) groups is 2. The van der Waals surface area contributed by atoms with E-state index in [-0.39, 0.29) is 13.0 Å². The van der Waals surface area contributed by atoms with Crippen LogP contribution < -0.4 is 14.8 Å². The maximum Gasteiger partial charge on any atom is 0.249 e. The zero-order chi connectivity index (χ0) is 20.5. The number of benzene rings is 2. The lowest BCUT2D eigenvalue weighted by molar-refractivity contribution is -0.129. The molecule has 2 rings (SSSR count). The summed E-state index contributed by atoms with van der Waals surface area (Å²) in [6, 6.07) is 14.4. The number of nitriles is 1. The van der Waals surface area contributed by atoms with Crippen molar-refractivity contribution in [3.63, 3.8) is 0 Å². The molecule has 0 aromatic heterocycles. The summed E-state index contributed by atoms with van der Waals surface area (Å²) in [6.07, 6.45) is -0.0360. The number of ether oxygens (including phenoxy) is 2. The molecule has 0 spiro atoms. The minimum atomic E-state index is -1.41. The third-order valence-corrected chi connectivity index (χ3v) is 3.97. The monoisotopic (exact) mass is 380 g/mol. The Morgan fingerprint density at radius 2 is 1.79 bits per heavy atom. The van der Waals surface area contributed by atoms with Gasteiger partial charge >= 0.3 is 0 Å². The number of hydrogen-bond acceptors (Lipinski definition) is 5. The predicted octanol–water partition coefficient (Wildman–Crippen LogP) is 3.82. The van der Waals surface area contributed by atoms with Gasteiger partial charge in [0.05, 0.1) is 25.0 Å². The number of para-hydroxylation sites is 2. The van der Waals surface area contributed by atoms with Gasteiger partial charge in [0.15, 0.2) is 11.7 Å². The van der Waals surface area contributed by atoms with E-state index in [1.54, 1.807) is 30.3 Å². The van der Waals surface area contributed by atoms with Crippen LogP contribution >= 0.6 is 0 Å². The van der Waals surface area contributed by atoms with Crippen LogP contribution in [0.4, 0.5) is 5.69 Å². The number of hydrogen-bond donors (Lipinski definition) is 1. The van der Waals surface area contributed by atoms with Crippen LogP contribution in [0.25, 0.3) is 0 Å². The summed E-state index contributed by atoms with van der Waals surface area (Å²) in [4.78, 5) is 24.8. The quantitative estimate of drug-likeness (QED) is 0.668. The van der Waals surface area contributed by atoms with E-state index < -0.39 is 17.6 Å². The highest BCUT2D eigenvalue weighted by molar-refractivity contribution is 6.09. The van der Waals surface area contributed by atoms with Gasteiger partial charge in [0.1, 0.15) is 11.5 Å². The number of Topliss-reactive ketones (excluding diaryl/α,β-unsaturated/α-hetero) is 1. The molecule has 2 aromatic carbocycles. The molecule has 1 unspecified atom stereocenters. The lowest BCUT2D eigenvalue weighted by Crippen LogP contribution is -2.29. The molecule has 146 valence electrons. The molecule has 0 aliphatic carbocycles. The number of rotatable bonds is 9. The van der Waals surface area contributed by atoms with Crippen molar-refractivity contribution in [2.75, 3.05) is 18.5 Å². The molecular weight excluding hydrogens is 356 g/mol. The second kappa shape index (κ2) is 10.1. The minimum Gasteiger partial charge on any atom is -0.493 e. The van der Waals surface area contributed by atoms with Crippen LogP contribution in [-0.4, -0.2) is 24.9 Å². The van der Waals surface area contributed by atoms with Gasteiger partial charge < -0.3 is 14.8 Å². The zero-order valence-electron chi connectivity index (χ0n) is 16.3. The molecule has 28 heavy (non-hydrogen) atoms. The summed E-state index contributed by atoms with van der Waals surface area (Å²) >= 11 is 0. The van der Waals surface area contributed by atoms with E-state index in [1.165, 1.54) is 0 Å². The Hall–Kier alpha value is -3.33. The number of aryl methyl sites for hydroxylation is 2. The molecule has 1 N–H and O–H groups in total. The van der Waals surface area contributed by atoms with Gasteiger partial charge in [-0.15, -0.1) is 0 Å². The first kappa shape index (κ1) is 21.0. The first-order chi connectivity index (χ1) is 13.4. The highest BCUT2D eigenvalue weighted by atomic mass is 16.5. The maximum absolute atomic E-state index is 12.4. The van der Waals surface area contributed by atoms with E-state index in [0.29, 0.717) is 23.8 Å². The summed E-state index contributed by atoms with van der Waals surface area (Å²) < 4.78 is 11.0. The number of carbonyl (C=O) groups excluding carboxylic acids is 2. The molecule has 2 aromatic rings. The summed E-state index contributed by atoms with van der Waals surface area (Å²) in [7, 11) is 0. The van der Waals surface area contributed by atoms with Crippen molar-refractivity contribution in [1.82, 2.24) is 0 Å². The molecule has 1 atom stereocenters. The van der Waals surface area contributed by atoms with Gasteiger partial charge in [-0.1, -0.05) is 18.2 Å². The summed E-state index contributed by atoms with van der Waals surface area (Å²) in [5.74, 6) is -1.42. The van der Waals surface area contributed by atoms with Crippen molar-refractivity contribution in [1.29, 1.82) is 5.26 Å². The largest absolute Gasteiger partial charge is 0.493 e. The van der Waals surface area contributed by atoms with E-state index in [2.05, 4.69) is 5.32 Å². The normalized spacial score (nSPS) is 11.2. The van der Waals surface area contributed by atoms with Crippen molar-refractivity contribution in [2.24, 2.45) is 5.92 Å². The van der Waals surface area contributed by atoms with E-state index in [9.17, 15) is 14.9 Å². The van der Waals surface area contributed by atoms with Gasteiger partial charge in [-0.25, -0.2) is 0 Å². The molecule has 0 aliphatic rings. The highest BCUT2D eigenvalue weighted by Gasteiger charge is 2.26.